The third-order valence-electron chi connectivity index (χ3n) is 3.38. The standard InChI is InChI=1S/C17H15FN4O2/c1-24-14-8-2-11(3-9-14)10-15(23)19-17-20-16(21-22-17)12-4-6-13(18)7-5-12/h2-9H,10H2,1H3,(H2,19,20,21,22,23). The number of hydrogen-bond donors (Lipinski definition) is 2. The van der Waals surface area contributed by atoms with Crippen molar-refractivity contribution in [3.05, 3.63) is 59.9 Å². The Labute approximate surface area is 137 Å². The number of hydrogen-bond acceptors (Lipinski definition) is 4. The minimum absolute atomic E-state index is 0.174. The highest BCUT2D eigenvalue weighted by Crippen LogP contribution is 2.16. The van der Waals surface area contributed by atoms with Crippen molar-refractivity contribution in [2.24, 2.45) is 0 Å². The van der Waals surface area contributed by atoms with E-state index in [1.165, 1.54) is 12.1 Å². The molecule has 0 aliphatic carbocycles. The summed E-state index contributed by atoms with van der Waals surface area (Å²) < 4.78 is 18.0. The summed E-state index contributed by atoms with van der Waals surface area (Å²) in [5.41, 5.74) is 1.53. The van der Waals surface area contributed by atoms with Crippen LogP contribution in [0.1, 0.15) is 5.56 Å². The molecule has 24 heavy (non-hydrogen) atoms. The lowest BCUT2D eigenvalue weighted by atomic mass is 10.1. The van der Waals surface area contributed by atoms with Crippen molar-refractivity contribution < 1.29 is 13.9 Å². The maximum atomic E-state index is 12.9. The number of benzene rings is 2. The Hall–Kier alpha value is -3.22. The second-order valence-electron chi connectivity index (χ2n) is 5.09. The molecule has 1 amide bonds. The lowest BCUT2D eigenvalue weighted by molar-refractivity contribution is -0.115. The summed E-state index contributed by atoms with van der Waals surface area (Å²) in [6.45, 7) is 0. The van der Waals surface area contributed by atoms with Crippen LogP contribution in [-0.4, -0.2) is 28.2 Å². The Balaban J connectivity index is 1.63. The molecule has 0 radical (unpaired) electrons. The van der Waals surface area contributed by atoms with Gasteiger partial charge in [-0.1, -0.05) is 12.1 Å². The summed E-state index contributed by atoms with van der Waals surface area (Å²) in [6, 6.07) is 13.1. The lowest BCUT2D eigenvalue weighted by Crippen LogP contribution is -2.15. The Kier molecular flexibility index (Phi) is 4.51. The van der Waals surface area contributed by atoms with Gasteiger partial charge in [-0.05, 0) is 42.0 Å². The number of methoxy groups -OCH3 is 1. The van der Waals surface area contributed by atoms with E-state index in [4.69, 9.17) is 4.74 Å². The quantitative estimate of drug-likeness (QED) is 0.755. The average molecular weight is 326 g/mol. The fraction of sp³-hybridized carbons (Fsp3) is 0.118. The van der Waals surface area contributed by atoms with Crippen LogP contribution in [0.3, 0.4) is 0 Å². The first kappa shape index (κ1) is 15.7. The van der Waals surface area contributed by atoms with E-state index in [1.54, 1.807) is 31.4 Å². The van der Waals surface area contributed by atoms with Crippen LogP contribution < -0.4 is 10.1 Å². The molecule has 3 aromatic rings. The predicted octanol–water partition coefficient (Wildman–Crippen LogP) is 2.80. The van der Waals surface area contributed by atoms with E-state index < -0.39 is 0 Å². The molecule has 1 aromatic heterocycles. The zero-order valence-electron chi connectivity index (χ0n) is 12.9. The van der Waals surface area contributed by atoms with Crippen LogP contribution in [0.25, 0.3) is 11.4 Å². The van der Waals surface area contributed by atoms with Gasteiger partial charge in [0.15, 0.2) is 5.82 Å². The predicted molar refractivity (Wildman–Crippen MR) is 87.1 cm³/mol. The van der Waals surface area contributed by atoms with Gasteiger partial charge in [-0.25, -0.2) is 4.39 Å². The number of carbonyl (C=O) groups excluding carboxylic acids is 1. The van der Waals surface area contributed by atoms with Gasteiger partial charge in [0.05, 0.1) is 13.5 Å². The molecular weight excluding hydrogens is 311 g/mol. The highest BCUT2D eigenvalue weighted by atomic mass is 19.1. The van der Waals surface area contributed by atoms with Crippen LogP contribution in [0.4, 0.5) is 10.3 Å². The Morgan fingerprint density at radius 1 is 1.17 bits per heavy atom. The van der Waals surface area contributed by atoms with Crippen LogP contribution >= 0.6 is 0 Å². The third-order valence-corrected chi connectivity index (χ3v) is 3.38. The SMILES string of the molecule is COc1ccc(CC(=O)Nc2n[nH]c(-c3ccc(F)cc3)n2)cc1. The molecular formula is C17H15FN4O2. The van der Waals surface area contributed by atoms with Crippen molar-refractivity contribution in [2.75, 3.05) is 12.4 Å². The lowest BCUT2D eigenvalue weighted by Gasteiger charge is -2.03. The molecule has 0 atom stereocenters. The molecule has 7 heteroatoms. The van der Waals surface area contributed by atoms with E-state index in [0.717, 1.165) is 11.3 Å². The van der Waals surface area contributed by atoms with Gasteiger partial charge < -0.3 is 4.74 Å². The maximum absolute atomic E-state index is 12.9. The van der Waals surface area contributed by atoms with Gasteiger partial charge in [-0.3, -0.25) is 15.2 Å². The first-order chi connectivity index (χ1) is 11.6. The molecule has 1 heterocycles. The molecule has 0 unspecified atom stereocenters. The molecule has 3 rings (SSSR count). The van der Waals surface area contributed by atoms with Crippen LogP contribution in [0.2, 0.25) is 0 Å². The van der Waals surface area contributed by atoms with E-state index in [9.17, 15) is 9.18 Å². The van der Waals surface area contributed by atoms with Crippen LogP contribution in [-0.2, 0) is 11.2 Å². The number of rotatable bonds is 5. The Morgan fingerprint density at radius 2 is 1.88 bits per heavy atom. The number of nitrogens with zero attached hydrogens (tertiary/aromatic N) is 2. The fourth-order valence-corrected chi connectivity index (χ4v) is 2.15. The second-order valence-corrected chi connectivity index (χ2v) is 5.09. The largest absolute Gasteiger partial charge is 0.497 e. The van der Waals surface area contributed by atoms with Crippen molar-refractivity contribution in [1.82, 2.24) is 15.2 Å². The van der Waals surface area contributed by atoms with E-state index in [-0.39, 0.29) is 24.1 Å². The van der Waals surface area contributed by atoms with Crippen LogP contribution in [0.5, 0.6) is 5.75 Å². The molecule has 0 saturated heterocycles. The van der Waals surface area contributed by atoms with Gasteiger partial charge in [-0.15, -0.1) is 5.10 Å². The van der Waals surface area contributed by atoms with Crippen molar-refractivity contribution in [2.45, 2.75) is 6.42 Å². The minimum Gasteiger partial charge on any atom is -0.497 e. The smallest absolute Gasteiger partial charge is 0.249 e. The van der Waals surface area contributed by atoms with Crippen LogP contribution in [0, 0.1) is 5.82 Å². The van der Waals surface area contributed by atoms with E-state index in [2.05, 4.69) is 20.5 Å². The molecule has 2 aromatic carbocycles. The van der Waals surface area contributed by atoms with Crippen molar-refractivity contribution in [3.8, 4) is 17.1 Å². The number of halogens is 1. The maximum Gasteiger partial charge on any atom is 0.249 e. The topological polar surface area (TPSA) is 79.9 Å². The van der Waals surface area contributed by atoms with E-state index in [0.29, 0.717) is 11.4 Å². The van der Waals surface area contributed by atoms with Gasteiger partial charge in [0.2, 0.25) is 11.9 Å². The summed E-state index contributed by atoms with van der Waals surface area (Å²) in [5, 5.41) is 9.28. The molecule has 0 bridgehead atoms. The molecule has 0 fully saturated rings. The fourth-order valence-electron chi connectivity index (χ4n) is 2.15. The zero-order valence-corrected chi connectivity index (χ0v) is 12.9. The minimum atomic E-state index is -0.328. The molecule has 0 aliphatic rings. The normalized spacial score (nSPS) is 10.4. The Morgan fingerprint density at radius 3 is 2.54 bits per heavy atom. The number of ether oxygens (including phenoxy) is 1. The molecule has 0 spiro atoms. The number of aromatic nitrogens is 3. The molecule has 0 saturated carbocycles. The highest BCUT2D eigenvalue weighted by Gasteiger charge is 2.10. The number of aromatic amines is 1. The van der Waals surface area contributed by atoms with Crippen LogP contribution in [0.15, 0.2) is 48.5 Å². The molecule has 2 N–H and O–H groups in total. The number of H-pyrrole nitrogens is 1. The average Bonchev–Trinajstić information content (AvgIpc) is 3.04. The van der Waals surface area contributed by atoms with Crippen molar-refractivity contribution in [1.29, 1.82) is 0 Å². The summed E-state index contributed by atoms with van der Waals surface area (Å²) >= 11 is 0. The van der Waals surface area contributed by atoms with Gasteiger partial charge in [-0.2, -0.15) is 4.98 Å². The summed E-state index contributed by atoms with van der Waals surface area (Å²) in [5.74, 6) is 0.802. The number of anilines is 1. The Bertz CT molecular complexity index is 829. The second kappa shape index (κ2) is 6.91. The first-order valence-corrected chi connectivity index (χ1v) is 7.25. The van der Waals surface area contributed by atoms with Crippen molar-refractivity contribution >= 4 is 11.9 Å². The monoisotopic (exact) mass is 326 g/mol. The number of amides is 1. The van der Waals surface area contributed by atoms with Gasteiger partial charge in [0, 0.05) is 5.56 Å². The molecule has 0 aliphatic heterocycles. The van der Waals surface area contributed by atoms with E-state index in [1.807, 2.05) is 12.1 Å². The molecule has 122 valence electrons. The van der Waals surface area contributed by atoms with Gasteiger partial charge in [0.25, 0.3) is 0 Å². The number of carbonyl (C=O) groups is 1. The van der Waals surface area contributed by atoms with Crippen molar-refractivity contribution in [3.63, 3.8) is 0 Å². The highest BCUT2D eigenvalue weighted by molar-refractivity contribution is 5.90. The van der Waals surface area contributed by atoms with Gasteiger partial charge in [0.1, 0.15) is 11.6 Å². The summed E-state index contributed by atoms with van der Waals surface area (Å²) in [4.78, 5) is 16.2. The zero-order chi connectivity index (χ0) is 16.9. The summed E-state index contributed by atoms with van der Waals surface area (Å²) in [6.07, 6.45) is 0.199. The summed E-state index contributed by atoms with van der Waals surface area (Å²) in [7, 11) is 1.59. The first-order valence-electron chi connectivity index (χ1n) is 7.25. The van der Waals surface area contributed by atoms with Gasteiger partial charge >= 0.3 is 0 Å². The molecule has 6 nitrogen and oxygen atoms in total. The number of nitrogens with one attached hydrogen (secondary N) is 2. The third kappa shape index (κ3) is 3.75. The van der Waals surface area contributed by atoms with E-state index >= 15 is 0 Å².